The highest BCUT2D eigenvalue weighted by atomic mass is 35.5. The average molecular weight is 333 g/mol. The van der Waals surface area contributed by atoms with Crippen LogP contribution in [0.3, 0.4) is 0 Å². The molecule has 0 aliphatic rings. The van der Waals surface area contributed by atoms with Crippen LogP contribution in [0.15, 0.2) is 30.3 Å². The third kappa shape index (κ3) is 6.93. The van der Waals surface area contributed by atoms with Crippen molar-refractivity contribution < 1.29 is 13.2 Å². The molecule has 0 aliphatic heterocycles. The molecule has 1 aromatic rings. The van der Waals surface area contributed by atoms with E-state index in [-0.39, 0.29) is 25.3 Å². The summed E-state index contributed by atoms with van der Waals surface area (Å²) < 4.78 is 26.0. The van der Waals surface area contributed by atoms with E-state index in [0.717, 1.165) is 5.56 Å². The van der Waals surface area contributed by atoms with Gasteiger partial charge in [0, 0.05) is 25.4 Å². The van der Waals surface area contributed by atoms with Crippen LogP contribution in [-0.4, -0.2) is 36.8 Å². The molecule has 1 rings (SSSR count). The van der Waals surface area contributed by atoms with Gasteiger partial charge in [-0.1, -0.05) is 30.3 Å². The topological polar surface area (TPSA) is 80.5 Å². The molecule has 0 unspecified atom stereocenters. The molecule has 5 nitrogen and oxygen atoms in total. The van der Waals surface area contributed by atoms with Crippen LogP contribution in [0, 0.1) is 0 Å². The zero-order chi connectivity index (χ0) is 15.7. The number of nitrogens with two attached hydrogens (primary N) is 1. The van der Waals surface area contributed by atoms with E-state index in [1.165, 1.54) is 4.31 Å². The minimum absolute atomic E-state index is 0.0154. The summed E-state index contributed by atoms with van der Waals surface area (Å²) in [4.78, 5) is 10.9. The van der Waals surface area contributed by atoms with Crippen LogP contribution in [0.2, 0.25) is 0 Å². The van der Waals surface area contributed by atoms with Gasteiger partial charge in [0.2, 0.25) is 15.9 Å². The van der Waals surface area contributed by atoms with Gasteiger partial charge in [-0.25, -0.2) is 8.42 Å². The predicted octanol–water partition coefficient (Wildman–Crippen LogP) is 1.71. The highest BCUT2D eigenvalue weighted by Crippen LogP contribution is 2.12. The molecule has 2 N–H and O–H groups in total. The zero-order valence-corrected chi connectivity index (χ0v) is 13.4. The van der Waals surface area contributed by atoms with Crippen LogP contribution < -0.4 is 5.73 Å². The molecule has 0 spiro atoms. The van der Waals surface area contributed by atoms with Gasteiger partial charge >= 0.3 is 0 Å². The van der Waals surface area contributed by atoms with E-state index in [1.54, 1.807) is 0 Å². The number of hydrogen-bond acceptors (Lipinski definition) is 3. The van der Waals surface area contributed by atoms with E-state index in [4.69, 9.17) is 17.3 Å². The molecule has 118 valence electrons. The fourth-order valence-electron chi connectivity index (χ4n) is 1.85. The number of carbonyl (C=O) groups is 1. The van der Waals surface area contributed by atoms with Crippen molar-refractivity contribution in [2.75, 3.05) is 18.2 Å². The van der Waals surface area contributed by atoms with Crippen molar-refractivity contribution in [3.63, 3.8) is 0 Å². The molecule has 0 saturated carbocycles. The smallest absolute Gasteiger partial charge is 0.218 e. The third-order valence-corrected chi connectivity index (χ3v) is 5.16. The van der Waals surface area contributed by atoms with Gasteiger partial charge < -0.3 is 5.73 Å². The number of unbranched alkanes of at least 4 members (excludes halogenated alkanes) is 1. The molecule has 0 heterocycles. The van der Waals surface area contributed by atoms with Gasteiger partial charge in [0.05, 0.1) is 5.75 Å². The maximum absolute atomic E-state index is 12.4. The normalized spacial score (nSPS) is 11.7. The second-order valence-corrected chi connectivity index (χ2v) is 7.21. The van der Waals surface area contributed by atoms with E-state index >= 15 is 0 Å². The van der Waals surface area contributed by atoms with Gasteiger partial charge in [0.25, 0.3) is 0 Å². The summed E-state index contributed by atoms with van der Waals surface area (Å²) in [6.45, 7) is 0.352. The maximum Gasteiger partial charge on any atom is 0.218 e. The van der Waals surface area contributed by atoms with E-state index in [1.807, 2.05) is 30.3 Å². The van der Waals surface area contributed by atoms with Gasteiger partial charge in [-0.3, -0.25) is 4.79 Å². The van der Waals surface area contributed by atoms with E-state index < -0.39 is 15.9 Å². The van der Waals surface area contributed by atoms with Gasteiger partial charge in [-0.15, -0.1) is 11.6 Å². The number of alkyl halides is 1. The number of nitrogens with zero attached hydrogens (tertiary/aromatic N) is 1. The van der Waals surface area contributed by atoms with E-state index in [0.29, 0.717) is 18.7 Å². The fraction of sp³-hybridized carbons (Fsp3) is 0.500. The maximum atomic E-state index is 12.4. The van der Waals surface area contributed by atoms with Crippen molar-refractivity contribution in [1.29, 1.82) is 0 Å². The SMILES string of the molecule is NC(=O)CCN(Cc1ccccc1)S(=O)(=O)CCCCCl. The molecular formula is C14H21ClN2O3S. The Hall–Kier alpha value is -1.11. The largest absolute Gasteiger partial charge is 0.370 e. The first-order valence-electron chi connectivity index (χ1n) is 6.81. The van der Waals surface area contributed by atoms with Crippen LogP contribution in [-0.2, 0) is 21.4 Å². The van der Waals surface area contributed by atoms with Crippen LogP contribution in [0.5, 0.6) is 0 Å². The monoisotopic (exact) mass is 332 g/mol. The number of halogens is 1. The molecule has 1 aromatic carbocycles. The number of hydrogen-bond donors (Lipinski definition) is 1. The molecule has 0 bridgehead atoms. The second kappa shape index (κ2) is 9.02. The first kappa shape index (κ1) is 17.9. The molecule has 0 saturated heterocycles. The lowest BCUT2D eigenvalue weighted by molar-refractivity contribution is -0.118. The Morgan fingerprint density at radius 1 is 1.19 bits per heavy atom. The van der Waals surface area contributed by atoms with Crippen molar-refractivity contribution in [2.24, 2.45) is 5.73 Å². The summed E-state index contributed by atoms with van der Waals surface area (Å²) in [7, 11) is -3.42. The molecule has 0 aliphatic carbocycles. The molecule has 21 heavy (non-hydrogen) atoms. The summed E-state index contributed by atoms with van der Waals surface area (Å²) in [6.07, 6.45) is 1.17. The van der Waals surface area contributed by atoms with Gasteiger partial charge in [0.15, 0.2) is 0 Å². The first-order valence-corrected chi connectivity index (χ1v) is 8.96. The minimum atomic E-state index is -3.42. The zero-order valence-electron chi connectivity index (χ0n) is 11.9. The number of benzene rings is 1. The molecule has 0 atom stereocenters. The molecule has 0 aromatic heterocycles. The van der Waals surface area contributed by atoms with Crippen molar-refractivity contribution in [3.05, 3.63) is 35.9 Å². The van der Waals surface area contributed by atoms with Crippen molar-refractivity contribution in [2.45, 2.75) is 25.8 Å². The number of amides is 1. The Morgan fingerprint density at radius 3 is 2.43 bits per heavy atom. The number of primary amides is 1. The van der Waals surface area contributed by atoms with Gasteiger partial charge in [-0.2, -0.15) is 4.31 Å². The molecular weight excluding hydrogens is 312 g/mol. The first-order chi connectivity index (χ1) is 9.95. The predicted molar refractivity (Wildman–Crippen MR) is 84.4 cm³/mol. The van der Waals surface area contributed by atoms with Gasteiger partial charge in [0.1, 0.15) is 0 Å². The summed E-state index contributed by atoms with van der Waals surface area (Å²) in [5.41, 5.74) is 6.00. The van der Waals surface area contributed by atoms with Crippen LogP contribution >= 0.6 is 11.6 Å². The highest BCUT2D eigenvalue weighted by Gasteiger charge is 2.22. The fourth-order valence-corrected chi connectivity index (χ4v) is 3.58. The Bertz CT molecular complexity index is 534. The van der Waals surface area contributed by atoms with Gasteiger partial charge in [-0.05, 0) is 18.4 Å². The second-order valence-electron chi connectivity index (χ2n) is 4.75. The summed E-state index contributed by atoms with van der Waals surface area (Å²) >= 11 is 5.57. The molecule has 0 radical (unpaired) electrons. The summed E-state index contributed by atoms with van der Waals surface area (Å²) in [5.74, 6) is -0.0371. The quantitative estimate of drug-likeness (QED) is 0.523. The third-order valence-electron chi connectivity index (χ3n) is 2.99. The summed E-state index contributed by atoms with van der Waals surface area (Å²) in [5, 5.41) is 0. The van der Waals surface area contributed by atoms with Crippen molar-refractivity contribution in [1.82, 2.24) is 4.31 Å². The number of carbonyl (C=O) groups excluding carboxylic acids is 1. The lowest BCUT2D eigenvalue weighted by atomic mass is 10.2. The number of sulfonamides is 1. The summed E-state index contributed by atoms with van der Waals surface area (Å²) in [6, 6.07) is 9.27. The van der Waals surface area contributed by atoms with Crippen molar-refractivity contribution >= 4 is 27.5 Å². The van der Waals surface area contributed by atoms with E-state index in [2.05, 4.69) is 0 Å². The molecule has 1 amide bonds. The van der Waals surface area contributed by atoms with E-state index in [9.17, 15) is 13.2 Å². The van der Waals surface area contributed by atoms with Crippen molar-refractivity contribution in [3.8, 4) is 0 Å². The Morgan fingerprint density at radius 2 is 1.86 bits per heavy atom. The lowest BCUT2D eigenvalue weighted by Gasteiger charge is -2.21. The number of rotatable bonds is 10. The minimum Gasteiger partial charge on any atom is -0.370 e. The average Bonchev–Trinajstić information content (AvgIpc) is 2.44. The highest BCUT2D eigenvalue weighted by molar-refractivity contribution is 7.89. The van der Waals surface area contributed by atoms with Crippen LogP contribution in [0.25, 0.3) is 0 Å². The molecule has 0 fully saturated rings. The Balaban J connectivity index is 2.77. The molecule has 7 heteroatoms. The lowest BCUT2D eigenvalue weighted by Crippen LogP contribution is -2.35. The van der Waals surface area contributed by atoms with Crippen LogP contribution in [0.4, 0.5) is 0 Å². The standard InChI is InChI=1S/C14H21ClN2O3S/c15-9-4-5-11-21(19,20)17(10-8-14(16)18)12-13-6-2-1-3-7-13/h1-3,6-7H,4-5,8-12H2,(H2,16,18). The van der Waals surface area contributed by atoms with Crippen LogP contribution in [0.1, 0.15) is 24.8 Å². The Labute approximate surface area is 131 Å². The Kier molecular flexibility index (Phi) is 7.71.